The standard InChI is InChI=1S/C12H16Cl2N2O/c1-4-5-8(2)16(3)12(17)9-6-10(13)11(14)15-7-9/h6-8H,4-5H2,1-3H3/t8-/m1/s1. The van der Waals surface area contributed by atoms with Gasteiger partial charge in [0.25, 0.3) is 5.91 Å². The van der Waals surface area contributed by atoms with Gasteiger partial charge in [0.15, 0.2) is 0 Å². The number of hydrogen-bond acceptors (Lipinski definition) is 2. The van der Waals surface area contributed by atoms with Gasteiger partial charge in [-0.25, -0.2) is 4.98 Å². The van der Waals surface area contributed by atoms with E-state index in [1.165, 1.54) is 6.20 Å². The van der Waals surface area contributed by atoms with Crippen molar-refractivity contribution >= 4 is 29.1 Å². The van der Waals surface area contributed by atoms with Gasteiger partial charge in [-0.05, 0) is 19.4 Å². The second-order valence-electron chi connectivity index (χ2n) is 4.05. The van der Waals surface area contributed by atoms with E-state index in [1.54, 1.807) is 18.0 Å². The zero-order valence-electron chi connectivity index (χ0n) is 10.2. The van der Waals surface area contributed by atoms with Crippen LogP contribution in [0.5, 0.6) is 0 Å². The number of halogens is 2. The van der Waals surface area contributed by atoms with Crippen LogP contribution in [0.1, 0.15) is 37.0 Å². The lowest BCUT2D eigenvalue weighted by molar-refractivity contribution is 0.0736. The van der Waals surface area contributed by atoms with Crippen LogP contribution >= 0.6 is 23.2 Å². The molecule has 5 heteroatoms. The highest BCUT2D eigenvalue weighted by molar-refractivity contribution is 6.41. The molecule has 0 bridgehead atoms. The van der Waals surface area contributed by atoms with Gasteiger partial charge in [0, 0.05) is 19.3 Å². The molecule has 1 amide bonds. The average Bonchev–Trinajstić information content (AvgIpc) is 2.31. The number of aromatic nitrogens is 1. The maximum Gasteiger partial charge on any atom is 0.255 e. The first-order valence-corrected chi connectivity index (χ1v) is 6.31. The molecule has 1 aromatic heterocycles. The molecule has 0 saturated heterocycles. The summed E-state index contributed by atoms with van der Waals surface area (Å²) in [6, 6.07) is 1.75. The Kier molecular flexibility index (Phi) is 5.22. The quantitative estimate of drug-likeness (QED) is 0.786. The van der Waals surface area contributed by atoms with Crippen molar-refractivity contribution in [1.29, 1.82) is 0 Å². The molecule has 94 valence electrons. The number of pyridine rings is 1. The van der Waals surface area contributed by atoms with E-state index in [9.17, 15) is 4.79 Å². The van der Waals surface area contributed by atoms with Crippen LogP contribution in [0, 0.1) is 0 Å². The molecule has 17 heavy (non-hydrogen) atoms. The number of carbonyl (C=O) groups excluding carboxylic acids is 1. The Morgan fingerprint density at radius 2 is 2.18 bits per heavy atom. The Morgan fingerprint density at radius 1 is 1.53 bits per heavy atom. The van der Waals surface area contributed by atoms with Gasteiger partial charge in [0.1, 0.15) is 5.15 Å². The third kappa shape index (κ3) is 3.58. The molecule has 0 fully saturated rings. The summed E-state index contributed by atoms with van der Waals surface area (Å²) in [6.07, 6.45) is 3.46. The van der Waals surface area contributed by atoms with Crippen LogP contribution in [0.4, 0.5) is 0 Å². The predicted octanol–water partition coefficient (Wildman–Crippen LogP) is 3.65. The first kappa shape index (κ1) is 14.3. The van der Waals surface area contributed by atoms with E-state index in [4.69, 9.17) is 23.2 Å². The van der Waals surface area contributed by atoms with Crippen molar-refractivity contribution in [3.63, 3.8) is 0 Å². The fourth-order valence-electron chi connectivity index (χ4n) is 1.55. The molecule has 0 saturated carbocycles. The van der Waals surface area contributed by atoms with Crippen LogP contribution < -0.4 is 0 Å². The van der Waals surface area contributed by atoms with Crippen LogP contribution in [0.15, 0.2) is 12.3 Å². The number of rotatable bonds is 4. The number of carbonyl (C=O) groups is 1. The van der Waals surface area contributed by atoms with Crippen LogP contribution in [-0.4, -0.2) is 28.9 Å². The number of amides is 1. The summed E-state index contributed by atoms with van der Waals surface area (Å²) in [7, 11) is 1.78. The molecule has 0 aliphatic heterocycles. The lowest BCUT2D eigenvalue weighted by Gasteiger charge is -2.24. The summed E-state index contributed by atoms with van der Waals surface area (Å²) in [6.45, 7) is 4.11. The summed E-state index contributed by atoms with van der Waals surface area (Å²) in [5.74, 6) is -0.0861. The van der Waals surface area contributed by atoms with Gasteiger partial charge in [-0.2, -0.15) is 0 Å². The molecule has 0 unspecified atom stereocenters. The molecule has 0 aliphatic rings. The number of nitrogens with zero attached hydrogens (tertiary/aromatic N) is 2. The predicted molar refractivity (Wildman–Crippen MR) is 70.7 cm³/mol. The third-order valence-electron chi connectivity index (χ3n) is 2.73. The Balaban J connectivity index is 2.85. The van der Waals surface area contributed by atoms with Gasteiger partial charge in [-0.15, -0.1) is 0 Å². The summed E-state index contributed by atoms with van der Waals surface area (Å²) in [4.78, 5) is 17.7. The van der Waals surface area contributed by atoms with E-state index >= 15 is 0 Å². The summed E-state index contributed by atoms with van der Waals surface area (Å²) < 4.78 is 0. The van der Waals surface area contributed by atoms with Gasteiger partial charge >= 0.3 is 0 Å². The molecule has 0 N–H and O–H groups in total. The van der Waals surface area contributed by atoms with Crippen molar-refractivity contribution in [2.75, 3.05) is 7.05 Å². The Hall–Kier alpha value is -0.800. The topological polar surface area (TPSA) is 33.2 Å². The molecule has 0 radical (unpaired) electrons. The maximum absolute atomic E-state index is 12.1. The highest BCUT2D eigenvalue weighted by atomic mass is 35.5. The monoisotopic (exact) mass is 274 g/mol. The van der Waals surface area contributed by atoms with Crippen LogP contribution in [-0.2, 0) is 0 Å². The third-order valence-corrected chi connectivity index (χ3v) is 3.42. The van der Waals surface area contributed by atoms with E-state index in [0.29, 0.717) is 10.6 Å². The molecule has 0 aromatic carbocycles. The van der Waals surface area contributed by atoms with E-state index in [-0.39, 0.29) is 17.1 Å². The molecule has 0 aliphatic carbocycles. The molecular formula is C12H16Cl2N2O. The zero-order valence-corrected chi connectivity index (χ0v) is 11.7. The Labute approximate surface area is 112 Å². The first-order valence-electron chi connectivity index (χ1n) is 5.55. The van der Waals surface area contributed by atoms with Gasteiger partial charge < -0.3 is 4.90 Å². The van der Waals surface area contributed by atoms with Crippen LogP contribution in [0.25, 0.3) is 0 Å². The van der Waals surface area contributed by atoms with Crippen molar-refractivity contribution in [1.82, 2.24) is 9.88 Å². The smallest absolute Gasteiger partial charge is 0.255 e. The average molecular weight is 275 g/mol. The van der Waals surface area contributed by atoms with Crippen molar-refractivity contribution in [2.45, 2.75) is 32.7 Å². The Morgan fingerprint density at radius 3 is 2.71 bits per heavy atom. The highest BCUT2D eigenvalue weighted by Crippen LogP contribution is 2.21. The maximum atomic E-state index is 12.1. The van der Waals surface area contributed by atoms with E-state index in [1.807, 2.05) is 6.92 Å². The highest BCUT2D eigenvalue weighted by Gasteiger charge is 2.18. The minimum Gasteiger partial charge on any atom is -0.339 e. The minimum atomic E-state index is -0.0861. The second kappa shape index (κ2) is 6.22. The molecule has 3 nitrogen and oxygen atoms in total. The fraction of sp³-hybridized carbons (Fsp3) is 0.500. The summed E-state index contributed by atoms with van der Waals surface area (Å²) in [5.41, 5.74) is 0.463. The Bertz CT molecular complexity index is 409. The minimum absolute atomic E-state index is 0.0861. The van der Waals surface area contributed by atoms with Crippen molar-refractivity contribution in [3.8, 4) is 0 Å². The first-order chi connectivity index (χ1) is 7.97. The molecule has 0 spiro atoms. The van der Waals surface area contributed by atoms with E-state index < -0.39 is 0 Å². The molecule has 1 heterocycles. The molecule has 1 atom stereocenters. The van der Waals surface area contributed by atoms with Gasteiger partial charge in [-0.1, -0.05) is 36.5 Å². The second-order valence-corrected chi connectivity index (χ2v) is 4.82. The van der Waals surface area contributed by atoms with Crippen molar-refractivity contribution in [2.24, 2.45) is 0 Å². The van der Waals surface area contributed by atoms with Crippen LogP contribution in [0.2, 0.25) is 10.2 Å². The summed E-state index contributed by atoms with van der Waals surface area (Å²) in [5, 5.41) is 0.515. The molecule has 1 aromatic rings. The normalized spacial score (nSPS) is 12.3. The van der Waals surface area contributed by atoms with Crippen LogP contribution in [0.3, 0.4) is 0 Å². The molecular weight excluding hydrogens is 259 g/mol. The van der Waals surface area contributed by atoms with Gasteiger partial charge in [0.05, 0.1) is 10.6 Å². The van der Waals surface area contributed by atoms with Gasteiger partial charge in [0.2, 0.25) is 0 Å². The largest absolute Gasteiger partial charge is 0.339 e. The van der Waals surface area contributed by atoms with Crippen molar-refractivity contribution < 1.29 is 4.79 Å². The lowest BCUT2D eigenvalue weighted by Crippen LogP contribution is -2.35. The fourth-order valence-corrected chi connectivity index (χ4v) is 1.82. The van der Waals surface area contributed by atoms with Crippen molar-refractivity contribution in [3.05, 3.63) is 28.0 Å². The van der Waals surface area contributed by atoms with E-state index in [2.05, 4.69) is 11.9 Å². The lowest BCUT2D eigenvalue weighted by atomic mass is 10.1. The SMILES string of the molecule is CCC[C@@H](C)N(C)C(=O)c1cnc(Cl)c(Cl)c1. The van der Waals surface area contributed by atoms with E-state index in [0.717, 1.165) is 12.8 Å². The summed E-state index contributed by atoms with van der Waals surface area (Å²) >= 11 is 11.5. The molecule has 1 rings (SSSR count). The van der Waals surface area contributed by atoms with Gasteiger partial charge in [-0.3, -0.25) is 4.79 Å². The number of hydrogen-bond donors (Lipinski definition) is 0. The zero-order chi connectivity index (χ0) is 13.0.